The summed E-state index contributed by atoms with van der Waals surface area (Å²) in [6.45, 7) is 2.95. The Morgan fingerprint density at radius 3 is 2.50 bits per heavy atom. The maximum absolute atomic E-state index is 12.5. The maximum atomic E-state index is 12.5. The van der Waals surface area contributed by atoms with Crippen molar-refractivity contribution in [3.63, 3.8) is 0 Å². The minimum atomic E-state index is -3.69. The number of nitrogens with one attached hydrogen (secondary N) is 3. The third-order valence-electron chi connectivity index (χ3n) is 3.73. The second-order valence-corrected chi connectivity index (χ2v) is 7.34. The minimum Gasteiger partial charge on any atom is -0.385 e. The molecule has 1 amide bonds. The maximum Gasteiger partial charge on any atom is 0.261 e. The highest BCUT2D eigenvalue weighted by Gasteiger charge is 2.21. The summed E-state index contributed by atoms with van der Waals surface area (Å²) in [6, 6.07) is 11.7. The van der Waals surface area contributed by atoms with Crippen LogP contribution in [0.25, 0.3) is 0 Å². The molecular weight excluding hydrogens is 326 g/mol. The van der Waals surface area contributed by atoms with E-state index in [1.807, 2.05) is 12.1 Å². The van der Waals surface area contributed by atoms with Gasteiger partial charge < -0.3 is 10.6 Å². The van der Waals surface area contributed by atoms with E-state index in [1.165, 1.54) is 12.1 Å². The summed E-state index contributed by atoms with van der Waals surface area (Å²) >= 11 is 0. The topological polar surface area (TPSA) is 87.3 Å². The number of amides is 1. The molecule has 0 atom stereocenters. The normalized spacial score (nSPS) is 13.3. The van der Waals surface area contributed by atoms with Gasteiger partial charge in [-0.3, -0.25) is 9.52 Å². The molecule has 0 unspecified atom stereocenters. The van der Waals surface area contributed by atoms with Crippen molar-refractivity contribution in [3.05, 3.63) is 48.0 Å². The van der Waals surface area contributed by atoms with Gasteiger partial charge in [0.25, 0.3) is 10.0 Å². The molecule has 2 aromatic carbocycles. The van der Waals surface area contributed by atoms with Crippen molar-refractivity contribution < 1.29 is 13.2 Å². The first-order chi connectivity index (χ1) is 11.5. The number of fused-ring (bicyclic) bond motifs is 1. The van der Waals surface area contributed by atoms with Gasteiger partial charge in [0.2, 0.25) is 5.91 Å². The number of hydrogen-bond donors (Lipinski definition) is 3. The van der Waals surface area contributed by atoms with Crippen LogP contribution in [0.5, 0.6) is 0 Å². The average molecular weight is 345 g/mol. The van der Waals surface area contributed by atoms with Crippen LogP contribution in [-0.4, -0.2) is 20.9 Å². The number of hydrogen-bond acceptors (Lipinski definition) is 4. The number of carbonyl (C=O) groups is 1. The minimum absolute atomic E-state index is 0.123. The first-order valence-corrected chi connectivity index (χ1v) is 9.26. The van der Waals surface area contributed by atoms with Crippen molar-refractivity contribution in [2.45, 2.75) is 24.7 Å². The smallest absolute Gasteiger partial charge is 0.261 e. The second kappa shape index (κ2) is 6.52. The molecule has 3 N–H and O–H groups in total. The van der Waals surface area contributed by atoms with E-state index in [0.29, 0.717) is 16.9 Å². The van der Waals surface area contributed by atoms with Crippen LogP contribution in [0.4, 0.5) is 17.1 Å². The van der Waals surface area contributed by atoms with Crippen LogP contribution in [0.2, 0.25) is 0 Å². The first kappa shape index (κ1) is 16.3. The quantitative estimate of drug-likeness (QED) is 0.751. The van der Waals surface area contributed by atoms with Crippen LogP contribution in [0, 0.1) is 0 Å². The van der Waals surface area contributed by atoms with Gasteiger partial charge in [0.1, 0.15) is 0 Å². The molecule has 0 saturated carbocycles. The van der Waals surface area contributed by atoms with Gasteiger partial charge in [-0.25, -0.2) is 8.42 Å². The molecule has 24 heavy (non-hydrogen) atoms. The summed E-state index contributed by atoms with van der Waals surface area (Å²) in [4.78, 5) is 11.5. The highest BCUT2D eigenvalue weighted by atomic mass is 32.2. The fraction of sp³-hybridized carbons (Fsp3) is 0.235. The Labute approximate surface area is 141 Å². The molecule has 0 fully saturated rings. The summed E-state index contributed by atoms with van der Waals surface area (Å²) in [5.74, 6) is -0.123. The fourth-order valence-corrected chi connectivity index (χ4v) is 3.62. The lowest BCUT2D eigenvalue weighted by Gasteiger charge is -2.10. The van der Waals surface area contributed by atoms with Crippen LogP contribution in [0.15, 0.2) is 47.4 Å². The number of rotatable bonds is 6. The molecule has 1 aliphatic heterocycles. The molecule has 0 bridgehead atoms. The summed E-state index contributed by atoms with van der Waals surface area (Å²) in [5.41, 5.74) is 2.81. The zero-order valence-corrected chi connectivity index (χ0v) is 14.1. The Hall–Kier alpha value is -2.54. The highest BCUT2D eigenvalue weighted by Crippen LogP contribution is 2.27. The van der Waals surface area contributed by atoms with Gasteiger partial charge in [-0.1, -0.05) is 6.92 Å². The number of benzene rings is 2. The number of sulfonamides is 1. The zero-order chi connectivity index (χ0) is 17.2. The summed E-state index contributed by atoms with van der Waals surface area (Å²) in [6.07, 6.45) is 1.22. The van der Waals surface area contributed by atoms with Gasteiger partial charge in [0.15, 0.2) is 0 Å². The Balaban J connectivity index is 1.77. The molecule has 0 aliphatic carbocycles. The molecule has 0 spiro atoms. The molecule has 3 rings (SSSR count). The largest absolute Gasteiger partial charge is 0.385 e. The third kappa shape index (κ3) is 3.51. The Kier molecular flexibility index (Phi) is 4.44. The molecule has 1 aliphatic rings. The molecule has 2 aromatic rings. The third-order valence-corrected chi connectivity index (χ3v) is 5.11. The molecule has 0 radical (unpaired) electrons. The Morgan fingerprint density at radius 1 is 1.08 bits per heavy atom. The van der Waals surface area contributed by atoms with Crippen LogP contribution in [0.3, 0.4) is 0 Å². The Morgan fingerprint density at radius 2 is 1.79 bits per heavy atom. The lowest BCUT2D eigenvalue weighted by Crippen LogP contribution is -2.13. The van der Waals surface area contributed by atoms with E-state index < -0.39 is 10.0 Å². The van der Waals surface area contributed by atoms with Crippen LogP contribution < -0.4 is 15.4 Å². The van der Waals surface area contributed by atoms with Crippen molar-refractivity contribution in [3.8, 4) is 0 Å². The number of anilines is 3. The predicted molar refractivity (Wildman–Crippen MR) is 94.8 cm³/mol. The molecule has 0 saturated heterocycles. The molecular formula is C17H19N3O3S. The van der Waals surface area contributed by atoms with Crippen molar-refractivity contribution >= 4 is 33.0 Å². The van der Waals surface area contributed by atoms with Gasteiger partial charge >= 0.3 is 0 Å². The lowest BCUT2D eigenvalue weighted by atomic mass is 10.2. The Bertz CT molecular complexity index is 861. The zero-order valence-electron chi connectivity index (χ0n) is 13.3. The van der Waals surface area contributed by atoms with E-state index in [9.17, 15) is 13.2 Å². The summed E-state index contributed by atoms with van der Waals surface area (Å²) < 4.78 is 27.6. The molecule has 1 heterocycles. The fourth-order valence-electron chi connectivity index (χ4n) is 2.51. The van der Waals surface area contributed by atoms with E-state index in [0.717, 1.165) is 18.7 Å². The van der Waals surface area contributed by atoms with Gasteiger partial charge in [-0.15, -0.1) is 0 Å². The van der Waals surface area contributed by atoms with Crippen LogP contribution in [0.1, 0.15) is 18.9 Å². The van der Waals surface area contributed by atoms with Gasteiger partial charge in [0, 0.05) is 23.6 Å². The van der Waals surface area contributed by atoms with E-state index in [1.54, 1.807) is 18.2 Å². The average Bonchev–Trinajstić information content (AvgIpc) is 2.93. The van der Waals surface area contributed by atoms with E-state index in [4.69, 9.17) is 0 Å². The van der Waals surface area contributed by atoms with Crippen LogP contribution >= 0.6 is 0 Å². The van der Waals surface area contributed by atoms with E-state index >= 15 is 0 Å². The summed E-state index contributed by atoms with van der Waals surface area (Å²) in [5, 5.41) is 5.92. The molecule has 6 nitrogen and oxygen atoms in total. The molecule has 0 aromatic heterocycles. The standard InChI is InChI=1S/C17H19N3O3S/c1-2-9-18-13-3-5-14(6-4-13)20-24(22,23)15-7-8-16-12(10-15)11-17(21)19-16/h3-8,10,18,20H,2,9,11H2,1H3,(H,19,21). The molecule has 7 heteroatoms. The monoisotopic (exact) mass is 345 g/mol. The SMILES string of the molecule is CCCNc1ccc(NS(=O)(=O)c2ccc3c(c2)CC(=O)N3)cc1. The van der Waals surface area contributed by atoms with Crippen molar-refractivity contribution in [2.75, 3.05) is 21.9 Å². The highest BCUT2D eigenvalue weighted by molar-refractivity contribution is 7.92. The van der Waals surface area contributed by atoms with E-state index in [-0.39, 0.29) is 17.2 Å². The first-order valence-electron chi connectivity index (χ1n) is 7.77. The predicted octanol–water partition coefficient (Wildman–Crippen LogP) is 2.80. The van der Waals surface area contributed by atoms with Crippen LogP contribution in [-0.2, 0) is 21.2 Å². The second-order valence-electron chi connectivity index (χ2n) is 5.65. The summed E-state index contributed by atoms with van der Waals surface area (Å²) in [7, 11) is -3.69. The van der Waals surface area contributed by atoms with Crippen molar-refractivity contribution in [2.24, 2.45) is 0 Å². The van der Waals surface area contributed by atoms with Gasteiger partial charge in [-0.2, -0.15) is 0 Å². The van der Waals surface area contributed by atoms with E-state index in [2.05, 4.69) is 22.3 Å². The lowest BCUT2D eigenvalue weighted by molar-refractivity contribution is -0.115. The van der Waals surface area contributed by atoms with Crippen molar-refractivity contribution in [1.29, 1.82) is 0 Å². The van der Waals surface area contributed by atoms with Gasteiger partial charge in [-0.05, 0) is 54.4 Å². The number of carbonyl (C=O) groups excluding carboxylic acids is 1. The van der Waals surface area contributed by atoms with Gasteiger partial charge in [0.05, 0.1) is 11.3 Å². The van der Waals surface area contributed by atoms with Crippen molar-refractivity contribution in [1.82, 2.24) is 0 Å². The molecule has 126 valence electrons.